The fraction of sp³-hybridized carbons (Fsp3) is 0.0769. The van der Waals surface area contributed by atoms with E-state index in [2.05, 4.69) is 15.9 Å². The van der Waals surface area contributed by atoms with Crippen molar-refractivity contribution >= 4 is 44.9 Å². The average molecular weight is 361 g/mol. The summed E-state index contributed by atoms with van der Waals surface area (Å²) in [6, 6.07) is 7.95. The zero-order valence-electron chi connectivity index (χ0n) is 9.57. The third kappa shape index (κ3) is 3.26. The van der Waals surface area contributed by atoms with E-state index in [0.29, 0.717) is 20.1 Å². The minimum atomic E-state index is -0.254. The highest BCUT2D eigenvalue weighted by atomic mass is 79.9. The van der Waals surface area contributed by atoms with Crippen molar-refractivity contribution in [2.45, 2.75) is 6.54 Å². The van der Waals surface area contributed by atoms with Gasteiger partial charge in [0.25, 0.3) is 5.56 Å². The molecule has 0 radical (unpaired) electrons. The first kappa shape index (κ1) is 14.3. The van der Waals surface area contributed by atoms with Crippen LogP contribution in [0.2, 0.25) is 10.0 Å². The number of pyridine rings is 1. The number of carbonyl (C=O) groups excluding carboxylic acids is 1. The highest BCUT2D eigenvalue weighted by Crippen LogP contribution is 2.22. The van der Waals surface area contributed by atoms with Crippen LogP contribution in [0.1, 0.15) is 10.4 Å². The highest BCUT2D eigenvalue weighted by Gasteiger charge is 2.10. The summed E-state index contributed by atoms with van der Waals surface area (Å²) < 4.78 is 1.74. The lowest BCUT2D eigenvalue weighted by atomic mass is 10.1. The molecule has 1 aromatic heterocycles. The molecule has 6 heteroatoms. The number of ketones is 1. The van der Waals surface area contributed by atoms with E-state index in [-0.39, 0.29) is 17.9 Å². The summed E-state index contributed by atoms with van der Waals surface area (Å²) in [7, 11) is 0. The topological polar surface area (TPSA) is 39.1 Å². The van der Waals surface area contributed by atoms with E-state index in [1.54, 1.807) is 30.5 Å². The summed E-state index contributed by atoms with van der Waals surface area (Å²) in [6.07, 6.45) is 1.56. The van der Waals surface area contributed by atoms with Crippen molar-refractivity contribution in [2.75, 3.05) is 0 Å². The maximum Gasteiger partial charge on any atom is 0.265 e. The first-order valence-electron chi connectivity index (χ1n) is 5.32. The van der Waals surface area contributed by atoms with Gasteiger partial charge in [0.2, 0.25) is 0 Å². The Morgan fingerprint density at radius 2 is 1.95 bits per heavy atom. The Balaban J connectivity index is 2.28. The summed E-state index contributed by atoms with van der Waals surface area (Å²) in [6.45, 7) is -0.0454. The van der Waals surface area contributed by atoms with Crippen LogP contribution in [0.25, 0.3) is 0 Å². The summed E-state index contributed by atoms with van der Waals surface area (Å²) in [5, 5.41) is 0.701. The van der Waals surface area contributed by atoms with E-state index < -0.39 is 0 Å². The van der Waals surface area contributed by atoms with E-state index in [1.807, 2.05) is 0 Å². The van der Waals surface area contributed by atoms with Crippen LogP contribution in [0.15, 0.2) is 45.8 Å². The maximum atomic E-state index is 12.1. The van der Waals surface area contributed by atoms with Gasteiger partial charge in [0.15, 0.2) is 5.78 Å². The first-order valence-corrected chi connectivity index (χ1v) is 6.87. The molecule has 0 aliphatic rings. The van der Waals surface area contributed by atoms with Crippen molar-refractivity contribution in [1.29, 1.82) is 0 Å². The zero-order valence-corrected chi connectivity index (χ0v) is 12.7. The van der Waals surface area contributed by atoms with Gasteiger partial charge in [0, 0.05) is 11.8 Å². The fourth-order valence-corrected chi connectivity index (χ4v) is 2.23. The number of halogens is 3. The molecule has 98 valence electrons. The summed E-state index contributed by atoms with van der Waals surface area (Å²) >= 11 is 14.8. The lowest BCUT2D eigenvalue weighted by Gasteiger charge is -2.06. The molecule has 0 fully saturated rings. The molecule has 19 heavy (non-hydrogen) atoms. The van der Waals surface area contributed by atoms with E-state index in [4.69, 9.17) is 23.2 Å². The standard InChI is InChI=1S/C13H8BrCl2NO2/c14-9-2-1-5-17(13(9)19)7-12(18)8-3-4-10(15)11(16)6-8/h1-6H,7H2. The number of aromatic nitrogens is 1. The molecular formula is C13H8BrCl2NO2. The molecule has 0 saturated heterocycles. The van der Waals surface area contributed by atoms with Crippen molar-refractivity contribution in [3.63, 3.8) is 0 Å². The van der Waals surface area contributed by atoms with Crippen LogP contribution in [0.4, 0.5) is 0 Å². The van der Waals surface area contributed by atoms with Crippen molar-refractivity contribution in [3.8, 4) is 0 Å². The van der Waals surface area contributed by atoms with Gasteiger partial charge >= 0.3 is 0 Å². The Morgan fingerprint density at radius 3 is 2.63 bits per heavy atom. The Labute approximate surface area is 127 Å². The minimum Gasteiger partial charge on any atom is -0.307 e. The van der Waals surface area contributed by atoms with Gasteiger partial charge in [-0.3, -0.25) is 9.59 Å². The largest absolute Gasteiger partial charge is 0.307 e. The molecule has 1 heterocycles. The van der Waals surface area contributed by atoms with Crippen LogP contribution in [0, 0.1) is 0 Å². The normalized spacial score (nSPS) is 10.5. The SMILES string of the molecule is O=C(Cn1cccc(Br)c1=O)c1ccc(Cl)c(Cl)c1. The number of hydrogen-bond donors (Lipinski definition) is 0. The first-order chi connectivity index (χ1) is 8.99. The molecule has 0 aliphatic heterocycles. The lowest BCUT2D eigenvalue weighted by molar-refractivity contribution is 0.0971. The number of rotatable bonds is 3. The van der Waals surface area contributed by atoms with Gasteiger partial charge in [-0.05, 0) is 46.3 Å². The predicted octanol–water partition coefficient (Wildman–Crippen LogP) is 3.80. The minimum absolute atomic E-state index is 0.0454. The lowest BCUT2D eigenvalue weighted by Crippen LogP contribution is -2.24. The number of hydrogen-bond acceptors (Lipinski definition) is 2. The van der Waals surface area contributed by atoms with Crippen LogP contribution in [0.3, 0.4) is 0 Å². The third-order valence-corrected chi connectivity index (χ3v) is 3.87. The number of nitrogens with zero attached hydrogens (tertiary/aromatic N) is 1. The van der Waals surface area contributed by atoms with Gasteiger partial charge in [-0.25, -0.2) is 0 Å². The summed E-state index contributed by atoms with van der Waals surface area (Å²) in [5.74, 6) is -0.209. The number of carbonyl (C=O) groups is 1. The monoisotopic (exact) mass is 359 g/mol. The van der Waals surface area contributed by atoms with Crippen molar-refractivity contribution in [1.82, 2.24) is 4.57 Å². The van der Waals surface area contributed by atoms with Gasteiger partial charge in [0.05, 0.1) is 21.1 Å². The molecule has 0 atom stereocenters. The van der Waals surface area contributed by atoms with E-state index in [9.17, 15) is 9.59 Å². The van der Waals surface area contributed by atoms with Crippen LogP contribution in [0.5, 0.6) is 0 Å². The summed E-state index contributed by atoms with van der Waals surface area (Å²) in [5.41, 5.74) is 0.164. The Morgan fingerprint density at radius 1 is 1.21 bits per heavy atom. The van der Waals surface area contributed by atoms with E-state index >= 15 is 0 Å². The smallest absolute Gasteiger partial charge is 0.265 e. The predicted molar refractivity (Wildman–Crippen MR) is 79.2 cm³/mol. The van der Waals surface area contributed by atoms with Gasteiger partial charge in [-0.2, -0.15) is 0 Å². The van der Waals surface area contributed by atoms with Crippen molar-refractivity contribution < 1.29 is 4.79 Å². The van der Waals surface area contributed by atoms with Gasteiger partial charge in [-0.15, -0.1) is 0 Å². The van der Waals surface area contributed by atoms with Gasteiger partial charge in [-0.1, -0.05) is 23.2 Å². The van der Waals surface area contributed by atoms with E-state index in [1.165, 1.54) is 10.6 Å². The van der Waals surface area contributed by atoms with Crippen LogP contribution >= 0.6 is 39.1 Å². The van der Waals surface area contributed by atoms with Crippen LogP contribution < -0.4 is 5.56 Å². The van der Waals surface area contributed by atoms with Crippen LogP contribution in [-0.2, 0) is 6.54 Å². The molecule has 0 amide bonds. The molecule has 2 aromatic rings. The molecule has 1 aromatic carbocycles. The molecular weight excluding hydrogens is 353 g/mol. The maximum absolute atomic E-state index is 12.1. The van der Waals surface area contributed by atoms with Crippen LogP contribution in [-0.4, -0.2) is 10.4 Å². The third-order valence-electron chi connectivity index (χ3n) is 2.53. The molecule has 0 unspecified atom stereocenters. The number of Topliss-reactive ketones (excluding diaryl/α,β-unsaturated/α-hetero) is 1. The second-order valence-electron chi connectivity index (χ2n) is 3.84. The zero-order chi connectivity index (χ0) is 14.0. The summed E-state index contributed by atoms with van der Waals surface area (Å²) in [4.78, 5) is 23.8. The van der Waals surface area contributed by atoms with Gasteiger partial charge < -0.3 is 4.57 Å². The van der Waals surface area contributed by atoms with Gasteiger partial charge in [0.1, 0.15) is 0 Å². The second-order valence-corrected chi connectivity index (χ2v) is 5.51. The second kappa shape index (κ2) is 5.90. The molecule has 0 bridgehead atoms. The molecule has 2 rings (SSSR count). The molecule has 0 N–H and O–H groups in total. The Bertz CT molecular complexity index is 697. The average Bonchev–Trinajstić information content (AvgIpc) is 2.38. The fourth-order valence-electron chi connectivity index (χ4n) is 1.55. The van der Waals surface area contributed by atoms with Crippen molar-refractivity contribution in [3.05, 3.63) is 67.0 Å². The quantitative estimate of drug-likeness (QED) is 0.781. The molecule has 0 saturated carbocycles. The highest BCUT2D eigenvalue weighted by molar-refractivity contribution is 9.10. The van der Waals surface area contributed by atoms with E-state index in [0.717, 1.165) is 0 Å². The Kier molecular flexibility index (Phi) is 4.45. The molecule has 0 aliphatic carbocycles. The molecule has 3 nitrogen and oxygen atoms in total. The molecule has 0 spiro atoms. The van der Waals surface area contributed by atoms with Crippen molar-refractivity contribution in [2.24, 2.45) is 0 Å². The Hall–Kier alpha value is -1.10. The number of benzene rings is 1.